The number of ether oxygens (including phenoxy) is 1. The molecule has 1 aromatic rings. The Bertz CT molecular complexity index is 385. The molecule has 4 heteroatoms. The molecule has 0 heterocycles. The summed E-state index contributed by atoms with van der Waals surface area (Å²) in [6, 6.07) is 7.41. The molecule has 0 spiro atoms. The first kappa shape index (κ1) is 15.0. The standard InChI is InChI=1S/C14H20BrNO2/c1-4-14(15,5-2)13(17)16-11-7-9-12(10-8-11)18-6-3/h7-10H,4-6H2,1-3H3,(H,16,17). The van der Waals surface area contributed by atoms with Crippen LogP contribution >= 0.6 is 15.9 Å². The fourth-order valence-corrected chi connectivity index (χ4v) is 1.71. The van der Waals surface area contributed by atoms with Crippen LogP contribution in [0.5, 0.6) is 5.75 Å². The van der Waals surface area contributed by atoms with Crippen molar-refractivity contribution in [2.45, 2.75) is 37.9 Å². The molecule has 1 N–H and O–H groups in total. The van der Waals surface area contributed by atoms with Crippen molar-refractivity contribution in [3.63, 3.8) is 0 Å². The molecular formula is C14H20BrNO2. The third-order valence-electron chi connectivity index (χ3n) is 2.95. The summed E-state index contributed by atoms with van der Waals surface area (Å²) in [5.41, 5.74) is 0.786. The zero-order valence-electron chi connectivity index (χ0n) is 11.1. The second kappa shape index (κ2) is 6.78. The molecule has 1 aromatic carbocycles. The van der Waals surface area contributed by atoms with Gasteiger partial charge in [0.15, 0.2) is 0 Å². The summed E-state index contributed by atoms with van der Waals surface area (Å²) in [5.74, 6) is 0.809. The lowest BCUT2D eigenvalue weighted by atomic mass is 10.0. The number of halogens is 1. The minimum atomic E-state index is -0.481. The van der Waals surface area contributed by atoms with E-state index in [1.165, 1.54) is 0 Å². The number of rotatable bonds is 6. The highest BCUT2D eigenvalue weighted by atomic mass is 79.9. The molecule has 0 aliphatic heterocycles. The highest BCUT2D eigenvalue weighted by molar-refractivity contribution is 9.10. The highest BCUT2D eigenvalue weighted by Gasteiger charge is 2.31. The van der Waals surface area contributed by atoms with Crippen molar-refractivity contribution in [3.8, 4) is 5.75 Å². The molecule has 0 radical (unpaired) electrons. The van der Waals surface area contributed by atoms with Crippen molar-refractivity contribution < 1.29 is 9.53 Å². The third kappa shape index (κ3) is 3.73. The zero-order valence-corrected chi connectivity index (χ0v) is 12.7. The lowest BCUT2D eigenvalue weighted by Gasteiger charge is -2.23. The van der Waals surface area contributed by atoms with Gasteiger partial charge in [-0.25, -0.2) is 0 Å². The van der Waals surface area contributed by atoms with E-state index in [2.05, 4.69) is 21.2 Å². The van der Waals surface area contributed by atoms with Gasteiger partial charge in [-0.1, -0.05) is 29.8 Å². The van der Waals surface area contributed by atoms with Crippen LogP contribution in [0, 0.1) is 0 Å². The molecule has 0 bridgehead atoms. The monoisotopic (exact) mass is 313 g/mol. The molecule has 3 nitrogen and oxygen atoms in total. The summed E-state index contributed by atoms with van der Waals surface area (Å²) in [6.07, 6.45) is 1.51. The number of hydrogen-bond donors (Lipinski definition) is 1. The van der Waals surface area contributed by atoms with E-state index in [-0.39, 0.29) is 5.91 Å². The summed E-state index contributed by atoms with van der Waals surface area (Å²) >= 11 is 3.51. The fraction of sp³-hybridized carbons (Fsp3) is 0.500. The van der Waals surface area contributed by atoms with Crippen molar-refractivity contribution in [3.05, 3.63) is 24.3 Å². The first-order valence-corrected chi connectivity index (χ1v) is 7.08. The van der Waals surface area contributed by atoms with E-state index in [0.717, 1.165) is 24.3 Å². The minimum absolute atomic E-state index is 0.00309. The number of carbonyl (C=O) groups is 1. The van der Waals surface area contributed by atoms with E-state index in [1.54, 1.807) is 0 Å². The number of benzene rings is 1. The Morgan fingerprint density at radius 1 is 1.22 bits per heavy atom. The number of nitrogens with one attached hydrogen (secondary N) is 1. The average molecular weight is 314 g/mol. The highest BCUT2D eigenvalue weighted by Crippen LogP contribution is 2.28. The van der Waals surface area contributed by atoms with Crippen LogP contribution in [-0.4, -0.2) is 16.8 Å². The molecule has 0 fully saturated rings. The molecule has 0 aliphatic carbocycles. The second-order valence-electron chi connectivity index (χ2n) is 4.08. The van der Waals surface area contributed by atoms with E-state index < -0.39 is 4.32 Å². The largest absolute Gasteiger partial charge is 0.494 e. The predicted octanol–water partition coefficient (Wildman–Crippen LogP) is 3.98. The van der Waals surface area contributed by atoms with Gasteiger partial charge >= 0.3 is 0 Å². The van der Waals surface area contributed by atoms with Gasteiger partial charge in [0.2, 0.25) is 5.91 Å². The normalized spacial score (nSPS) is 11.1. The molecular weight excluding hydrogens is 294 g/mol. The maximum atomic E-state index is 12.1. The van der Waals surface area contributed by atoms with Crippen molar-refractivity contribution >= 4 is 27.5 Å². The summed E-state index contributed by atoms with van der Waals surface area (Å²) in [7, 11) is 0. The Morgan fingerprint density at radius 2 is 1.78 bits per heavy atom. The van der Waals surface area contributed by atoms with Gasteiger partial charge in [-0.3, -0.25) is 4.79 Å². The summed E-state index contributed by atoms with van der Waals surface area (Å²) < 4.78 is 4.87. The molecule has 0 saturated carbocycles. The zero-order chi connectivity index (χ0) is 13.6. The average Bonchev–Trinajstić information content (AvgIpc) is 2.40. The molecule has 1 rings (SSSR count). The Labute approximate surface area is 117 Å². The smallest absolute Gasteiger partial charge is 0.241 e. The third-order valence-corrected chi connectivity index (χ3v) is 4.43. The van der Waals surface area contributed by atoms with Crippen LogP contribution in [-0.2, 0) is 4.79 Å². The summed E-state index contributed by atoms with van der Waals surface area (Å²) in [4.78, 5) is 12.1. The number of carbonyl (C=O) groups excluding carboxylic acids is 1. The number of anilines is 1. The second-order valence-corrected chi connectivity index (χ2v) is 5.60. The van der Waals surface area contributed by atoms with Gasteiger partial charge in [0, 0.05) is 5.69 Å². The Balaban J connectivity index is 2.70. The fourth-order valence-electron chi connectivity index (χ4n) is 1.62. The Hall–Kier alpha value is -1.03. The van der Waals surface area contributed by atoms with Crippen LogP contribution in [0.3, 0.4) is 0 Å². The van der Waals surface area contributed by atoms with Gasteiger partial charge in [0.25, 0.3) is 0 Å². The van der Waals surface area contributed by atoms with Gasteiger partial charge < -0.3 is 10.1 Å². The van der Waals surface area contributed by atoms with Crippen LogP contribution < -0.4 is 10.1 Å². The lowest BCUT2D eigenvalue weighted by molar-refractivity contribution is -0.118. The molecule has 1 amide bonds. The van der Waals surface area contributed by atoms with Crippen LogP contribution in [0.4, 0.5) is 5.69 Å². The molecule has 0 unspecified atom stereocenters. The van der Waals surface area contributed by atoms with Gasteiger partial charge in [-0.2, -0.15) is 0 Å². The van der Waals surface area contributed by atoms with Crippen molar-refractivity contribution in [1.29, 1.82) is 0 Å². The Morgan fingerprint density at radius 3 is 2.22 bits per heavy atom. The first-order chi connectivity index (χ1) is 8.55. The van der Waals surface area contributed by atoms with Gasteiger partial charge in [-0.15, -0.1) is 0 Å². The maximum absolute atomic E-state index is 12.1. The van der Waals surface area contributed by atoms with Crippen molar-refractivity contribution in [2.75, 3.05) is 11.9 Å². The maximum Gasteiger partial charge on any atom is 0.241 e. The van der Waals surface area contributed by atoms with Gasteiger partial charge in [0.1, 0.15) is 10.1 Å². The molecule has 100 valence electrons. The van der Waals surface area contributed by atoms with Gasteiger partial charge in [-0.05, 0) is 44.0 Å². The van der Waals surface area contributed by atoms with Crippen LogP contribution in [0.15, 0.2) is 24.3 Å². The lowest BCUT2D eigenvalue weighted by Crippen LogP contribution is -2.35. The van der Waals surface area contributed by atoms with Crippen molar-refractivity contribution in [1.82, 2.24) is 0 Å². The molecule has 0 saturated heterocycles. The Kier molecular flexibility index (Phi) is 5.66. The van der Waals surface area contributed by atoms with E-state index in [4.69, 9.17) is 4.74 Å². The van der Waals surface area contributed by atoms with E-state index in [9.17, 15) is 4.79 Å². The van der Waals surface area contributed by atoms with E-state index in [0.29, 0.717) is 6.61 Å². The molecule has 18 heavy (non-hydrogen) atoms. The van der Waals surface area contributed by atoms with Crippen LogP contribution in [0.25, 0.3) is 0 Å². The predicted molar refractivity (Wildman–Crippen MR) is 78.5 cm³/mol. The first-order valence-electron chi connectivity index (χ1n) is 6.29. The topological polar surface area (TPSA) is 38.3 Å². The SMILES string of the molecule is CCOc1ccc(NC(=O)C(Br)(CC)CC)cc1. The van der Waals surface area contributed by atoms with Gasteiger partial charge in [0.05, 0.1) is 6.61 Å². The van der Waals surface area contributed by atoms with Crippen molar-refractivity contribution in [2.24, 2.45) is 0 Å². The molecule has 0 atom stereocenters. The summed E-state index contributed by atoms with van der Waals surface area (Å²) in [6.45, 7) is 6.57. The molecule has 0 aromatic heterocycles. The molecule has 0 aliphatic rings. The minimum Gasteiger partial charge on any atom is -0.494 e. The number of hydrogen-bond acceptors (Lipinski definition) is 2. The summed E-state index contributed by atoms with van der Waals surface area (Å²) in [5, 5.41) is 2.91. The number of amides is 1. The van der Waals surface area contributed by atoms with Crippen LogP contribution in [0.1, 0.15) is 33.6 Å². The van der Waals surface area contributed by atoms with E-state index >= 15 is 0 Å². The number of alkyl halides is 1. The quantitative estimate of drug-likeness (QED) is 0.807. The van der Waals surface area contributed by atoms with E-state index in [1.807, 2.05) is 45.0 Å². The van der Waals surface area contributed by atoms with Crippen LogP contribution in [0.2, 0.25) is 0 Å².